The molecule has 0 fully saturated rings. The number of methoxy groups -OCH3 is 1. The molecule has 1 amide bonds. The molecule has 0 heterocycles. The first-order valence-corrected chi connectivity index (χ1v) is 8.90. The van der Waals surface area contributed by atoms with Crippen LogP contribution in [0.1, 0.15) is 29.3 Å². The van der Waals surface area contributed by atoms with E-state index in [1.807, 2.05) is 13.0 Å². The SMILES string of the molecule is CCCOc1ccc(Cl)cc1/C=C(\C#N)C(=O)Nc1ccc(C(=O)OC)cc1. The van der Waals surface area contributed by atoms with Crippen molar-refractivity contribution in [2.45, 2.75) is 13.3 Å². The van der Waals surface area contributed by atoms with Gasteiger partial charge in [0.2, 0.25) is 0 Å². The van der Waals surface area contributed by atoms with Gasteiger partial charge in [0.25, 0.3) is 5.91 Å². The number of benzene rings is 2. The Morgan fingerprint density at radius 1 is 1.21 bits per heavy atom. The number of carbonyl (C=O) groups is 2. The fourth-order valence-electron chi connectivity index (χ4n) is 2.29. The lowest BCUT2D eigenvalue weighted by Crippen LogP contribution is -2.13. The second-order valence-corrected chi connectivity index (χ2v) is 6.16. The van der Waals surface area contributed by atoms with Crippen LogP contribution in [-0.4, -0.2) is 25.6 Å². The predicted octanol–water partition coefficient (Wildman–Crippen LogP) is 4.46. The molecule has 0 aromatic heterocycles. The molecule has 0 aliphatic rings. The van der Waals surface area contributed by atoms with Crippen LogP contribution in [0.25, 0.3) is 6.08 Å². The van der Waals surface area contributed by atoms with Crippen LogP contribution in [0.3, 0.4) is 0 Å². The summed E-state index contributed by atoms with van der Waals surface area (Å²) in [6.45, 7) is 2.48. The first kappa shape index (κ1) is 21.0. The summed E-state index contributed by atoms with van der Waals surface area (Å²) in [5.74, 6) is -0.528. The number of carbonyl (C=O) groups excluding carboxylic acids is 2. The van der Waals surface area contributed by atoms with E-state index in [1.165, 1.54) is 25.3 Å². The fourth-order valence-corrected chi connectivity index (χ4v) is 2.47. The van der Waals surface area contributed by atoms with Crippen molar-refractivity contribution >= 4 is 35.2 Å². The van der Waals surface area contributed by atoms with Crippen molar-refractivity contribution in [3.8, 4) is 11.8 Å². The van der Waals surface area contributed by atoms with Crippen molar-refractivity contribution in [3.63, 3.8) is 0 Å². The molecular weight excluding hydrogens is 380 g/mol. The third kappa shape index (κ3) is 5.60. The summed E-state index contributed by atoms with van der Waals surface area (Å²) in [4.78, 5) is 23.9. The normalized spacial score (nSPS) is 10.7. The number of nitrogens with zero attached hydrogens (tertiary/aromatic N) is 1. The van der Waals surface area contributed by atoms with Crippen molar-refractivity contribution in [1.29, 1.82) is 5.26 Å². The minimum atomic E-state index is -0.588. The Hall–Kier alpha value is -3.30. The van der Waals surface area contributed by atoms with Crippen LogP contribution in [-0.2, 0) is 9.53 Å². The minimum Gasteiger partial charge on any atom is -0.493 e. The molecule has 2 rings (SSSR count). The average Bonchev–Trinajstić information content (AvgIpc) is 2.71. The van der Waals surface area contributed by atoms with Crippen LogP contribution < -0.4 is 10.1 Å². The lowest BCUT2D eigenvalue weighted by Gasteiger charge is -2.10. The van der Waals surface area contributed by atoms with Gasteiger partial charge in [0, 0.05) is 16.3 Å². The highest BCUT2D eigenvalue weighted by atomic mass is 35.5. The number of ether oxygens (including phenoxy) is 2. The molecule has 0 saturated carbocycles. The van der Waals surface area contributed by atoms with Gasteiger partial charge in [0.05, 0.1) is 19.3 Å². The van der Waals surface area contributed by atoms with Gasteiger partial charge in [-0.05, 0) is 55.0 Å². The second kappa shape index (κ2) is 10.1. The third-order valence-corrected chi connectivity index (χ3v) is 3.90. The zero-order valence-corrected chi connectivity index (χ0v) is 16.2. The number of esters is 1. The molecule has 6 nitrogen and oxygen atoms in total. The number of nitrogens with one attached hydrogen (secondary N) is 1. The molecule has 28 heavy (non-hydrogen) atoms. The molecule has 0 saturated heterocycles. The Bertz CT molecular complexity index is 930. The van der Waals surface area contributed by atoms with E-state index in [4.69, 9.17) is 16.3 Å². The number of hydrogen-bond donors (Lipinski definition) is 1. The molecule has 7 heteroatoms. The van der Waals surface area contributed by atoms with E-state index in [0.717, 1.165) is 6.42 Å². The number of halogens is 1. The fraction of sp³-hybridized carbons (Fsp3) is 0.190. The molecule has 0 bridgehead atoms. The first-order chi connectivity index (χ1) is 13.5. The molecular formula is C21H19ClN2O4. The zero-order chi connectivity index (χ0) is 20.5. The Kier molecular flexibility index (Phi) is 7.61. The van der Waals surface area contributed by atoms with E-state index in [9.17, 15) is 14.9 Å². The molecule has 0 atom stereocenters. The Morgan fingerprint density at radius 3 is 2.54 bits per heavy atom. The maximum atomic E-state index is 12.5. The molecule has 0 radical (unpaired) electrons. The van der Waals surface area contributed by atoms with Crippen LogP contribution in [0.2, 0.25) is 5.02 Å². The molecule has 2 aromatic rings. The minimum absolute atomic E-state index is 0.111. The lowest BCUT2D eigenvalue weighted by atomic mass is 10.1. The van der Waals surface area contributed by atoms with Gasteiger partial charge in [-0.3, -0.25) is 4.79 Å². The van der Waals surface area contributed by atoms with E-state index < -0.39 is 11.9 Å². The number of hydrogen-bond acceptors (Lipinski definition) is 5. The Labute approximate surface area is 168 Å². The summed E-state index contributed by atoms with van der Waals surface area (Å²) in [5.41, 5.74) is 1.22. The smallest absolute Gasteiger partial charge is 0.337 e. The van der Waals surface area contributed by atoms with Crippen molar-refractivity contribution in [2.24, 2.45) is 0 Å². The highest BCUT2D eigenvalue weighted by molar-refractivity contribution is 6.30. The van der Waals surface area contributed by atoms with Gasteiger partial charge in [0.15, 0.2) is 0 Å². The van der Waals surface area contributed by atoms with Crippen molar-refractivity contribution in [2.75, 3.05) is 19.0 Å². The standard InChI is InChI=1S/C21H19ClN2O4/c1-3-10-28-19-9-6-17(22)12-15(19)11-16(13-23)20(25)24-18-7-4-14(5-8-18)21(26)27-2/h4-9,11-12H,3,10H2,1-2H3,(H,24,25)/b16-11+. The van der Waals surface area contributed by atoms with Crippen LogP contribution in [0, 0.1) is 11.3 Å². The summed E-state index contributed by atoms with van der Waals surface area (Å²) < 4.78 is 10.3. The van der Waals surface area contributed by atoms with Gasteiger partial charge in [-0.25, -0.2) is 4.79 Å². The molecule has 0 aliphatic heterocycles. The second-order valence-electron chi connectivity index (χ2n) is 5.72. The molecule has 0 spiro atoms. The average molecular weight is 399 g/mol. The number of amides is 1. The van der Waals surface area contributed by atoms with Gasteiger partial charge in [0.1, 0.15) is 17.4 Å². The molecule has 1 N–H and O–H groups in total. The topological polar surface area (TPSA) is 88.4 Å². The lowest BCUT2D eigenvalue weighted by molar-refractivity contribution is -0.112. The summed E-state index contributed by atoms with van der Waals surface area (Å²) in [6.07, 6.45) is 2.24. The Balaban J connectivity index is 2.23. The summed E-state index contributed by atoms with van der Waals surface area (Å²) in [7, 11) is 1.29. The third-order valence-electron chi connectivity index (χ3n) is 3.66. The number of nitriles is 1. The number of anilines is 1. The van der Waals surface area contributed by atoms with Gasteiger partial charge >= 0.3 is 5.97 Å². The molecule has 2 aromatic carbocycles. The number of rotatable bonds is 7. The van der Waals surface area contributed by atoms with Crippen molar-refractivity contribution < 1.29 is 19.1 Å². The van der Waals surface area contributed by atoms with Crippen LogP contribution in [0.5, 0.6) is 5.75 Å². The molecule has 0 aliphatic carbocycles. The largest absolute Gasteiger partial charge is 0.493 e. The summed E-state index contributed by atoms with van der Waals surface area (Å²) in [6, 6.07) is 13.0. The summed E-state index contributed by atoms with van der Waals surface area (Å²) >= 11 is 6.03. The monoisotopic (exact) mass is 398 g/mol. The highest BCUT2D eigenvalue weighted by Gasteiger charge is 2.13. The van der Waals surface area contributed by atoms with Crippen LogP contribution in [0.4, 0.5) is 5.69 Å². The van der Waals surface area contributed by atoms with Crippen LogP contribution >= 0.6 is 11.6 Å². The van der Waals surface area contributed by atoms with E-state index in [2.05, 4.69) is 10.1 Å². The van der Waals surface area contributed by atoms with E-state index in [-0.39, 0.29) is 5.57 Å². The van der Waals surface area contributed by atoms with E-state index in [0.29, 0.717) is 34.2 Å². The Morgan fingerprint density at radius 2 is 1.93 bits per heavy atom. The first-order valence-electron chi connectivity index (χ1n) is 8.52. The predicted molar refractivity (Wildman–Crippen MR) is 107 cm³/mol. The van der Waals surface area contributed by atoms with Gasteiger partial charge in [-0.15, -0.1) is 0 Å². The van der Waals surface area contributed by atoms with E-state index in [1.54, 1.807) is 30.3 Å². The van der Waals surface area contributed by atoms with Gasteiger partial charge in [-0.2, -0.15) is 5.26 Å². The highest BCUT2D eigenvalue weighted by Crippen LogP contribution is 2.26. The zero-order valence-electron chi connectivity index (χ0n) is 15.5. The maximum Gasteiger partial charge on any atom is 0.337 e. The van der Waals surface area contributed by atoms with Gasteiger partial charge < -0.3 is 14.8 Å². The van der Waals surface area contributed by atoms with Gasteiger partial charge in [-0.1, -0.05) is 18.5 Å². The molecule has 144 valence electrons. The quantitative estimate of drug-likeness (QED) is 0.422. The van der Waals surface area contributed by atoms with Crippen molar-refractivity contribution in [1.82, 2.24) is 0 Å². The van der Waals surface area contributed by atoms with Crippen LogP contribution in [0.15, 0.2) is 48.0 Å². The van der Waals surface area contributed by atoms with E-state index >= 15 is 0 Å². The van der Waals surface area contributed by atoms with Crippen molar-refractivity contribution in [3.05, 3.63) is 64.2 Å². The maximum absolute atomic E-state index is 12.5. The molecule has 0 unspecified atom stereocenters. The summed E-state index contributed by atoms with van der Waals surface area (Å²) in [5, 5.41) is 12.5.